The van der Waals surface area contributed by atoms with Crippen LogP contribution in [0.15, 0.2) is 48.5 Å². The van der Waals surface area contributed by atoms with Crippen molar-refractivity contribution in [3.63, 3.8) is 0 Å². The van der Waals surface area contributed by atoms with Gasteiger partial charge in [-0.05, 0) is 115 Å². The van der Waals surface area contributed by atoms with Crippen molar-refractivity contribution in [2.24, 2.45) is 0 Å². The summed E-state index contributed by atoms with van der Waals surface area (Å²) in [6.07, 6.45) is 8.38. The van der Waals surface area contributed by atoms with E-state index in [0.717, 1.165) is 66.1 Å². The molecule has 0 aromatic heterocycles. The molecule has 160 valence electrons. The zero-order chi connectivity index (χ0) is 22.2. The van der Waals surface area contributed by atoms with Gasteiger partial charge in [0, 0.05) is 0 Å². The molecule has 0 saturated heterocycles. The minimum Gasteiger partial charge on any atom is -0.392 e. The van der Waals surface area contributed by atoms with Gasteiger partial charge in [0.15, 0.2) is 0 Å². The van der Waals surface area contributed by atoms with E-state index in [1.807, 2.05) is 24.3 Å². The molecular weight excluding hydrogens is 400 g/mol. The van der Waals surface area contributed by atoms with Gasteiger partial charge in [0.2, 0.25) is 0 Å². The Hall–Kier alpha value is -3.28. The minimum absolute atomic E-state index is 0.104. The molecule has 0 bridgehead atoms. The van der Waals surface area contributed by atoms with Crippen LogP contribution in [0.1, 0.15) is 44.5 Å². The van der Waals surface area contributed by atoms with Crippen LogP contribution in [0, 0.1) is 0 Å². The second kappa shape index (κ2) is 8.34. The number of hydrogen-bond donors (Lipinski definition) is 4. The van der Waals surface area contributed by atoms with E-state index >= 15 is 0 Å². The first-order valence-electron chi connectivity index (χ1n) is 10.6. The average molecular weight is 424 g/mol. The van der Waals surface area contributed by atoms with E-state index in [-0.39, 0.29) is 26.4 Å². The van der Waals surface area contributed by atoms with E-state index in [1.54, 1.807) is 0 Å². The third kappa shape index (κ3) is 3.53. The molecule has 1 aliphatic rings. The van der Waals surface area contributed by atoms with Gasteiger partial charge in [-0.1, -0.05) is 24.3 Å². The lowest BCUT2D eigenvalue weighted by Gasteiger charge is -2.14. The van der Waals surface area contributed by atoms with Gasteiger partial charge >= 0.3 is 0 Å². The Balaban J connectivity index is 1.65. The third-order valence-corrected chi connectivity index (χ3v) is 6.29. The Labute approximate surface area is 186 Å². The zero-order valence-corrected chi connectivity index (χ0v) is 17.5. The summed E-state index contributed by atoms with van der Waals surface area (Å²) in [5.74, 6) is 0. The summed E-state index contributed by atoms with van der Waals surface area (Å²) in [7, 11) is 0. The van der Waals surface area contributed by atoms with Gasteiger partial charge in [0.05, 0.1) is 26.4 Å². The fourth-order valence-electron chi connectivity index (χ4n) is 4.48. The summed E-state index contributed by atoms with van der Waals surface area (Å²) in [5, 5.41) is 42.6. The second-order valence-corrected chi connectivity index (χ2v) is 8.20. The molecule has 0 radical (unpaired) electrons. The van der Waals surface area contributed by atoms with Crippen molar-refractivity contribution in [1.82, 2.24) is 0 Å². The van der Waals surface area contributed by atoms with Gasteiger partial charge in [0.25, 0.3) is 0 Å². The fourth-order valence-corrected chi connectivity index (χ4v) is 4.48. The number of benzene rings is 4. The lowest BCUT2D eigenvalue weighted by atomic mass is 9.92. The Morgan fingerprint density at radius 3 is 0.750 bits per heavy atom. The average Bonchev–Trinajstić information content (AvgIpc) is 2.82. The molecule has 4 aromatic carbocycles. The molecule has 5 rings (SSSR count). The summed E-state index contributed by atoms with van der Waals surface area (Å²) in [6.45, 7) is -0.417. The summed E-state index contributed by atoms with van der Waals surface area (Å²) in [4.78, 5) is 0. The highest BCUT2D eigenvalue weighted by molar-refractivity contribution is 5.97. The van der Waals surface area contributed by atoms with Crippen molar-refractivity contribution >= 4 is 45.8 Å². The Morgan fingerprint density at radius 2 is 0.562 bits per heavy atom. The third-order valence-electron chi connectivity index (χ3n) is 6.29. The molecular formula is C28H24O4. The molecule has 0 unspecified atom stereocenters. The van der Waals surface area contributed by atoms with E-state index in [2.05, 4.69) is 48.6 Å². The maximum absolute atomic E-state index is 9.63. The molecule has 0 atom stereocenters. The van der Waals surface area contributed by atoms with E-state index in [4.69, 9.17) is 0 Å². The maximum Gasteiger partial charge on any atom is 0.0685 e. The number of aliphatic hydroxyl groups is 4. The van der Waals surface area contributed by atoms with Crippen LogP contribution in [0.4, 0.5) is 0 Å². The van der Waals surface area contributed by atoms with Gasteiger partial charge in [-0.15, -0.1) is 0 Å². The van der Waals surface area contributed by atoms with Crippen LogP contribution < -0.4 is 0 Å². The molecule has 32 heavy (non-hydrogen) atoms. The molecule has 4 nitrogen and oxygen atoms in total. The molecule has 4 aromatic rings. The fraction of sp³-hybridized carbons (Fsp3) is 0.143. The first kappa shape index (κ1) is 20.6. The molecule has 0 amide bonds. The van der Waals surface area contributed by atoms with Gasteiger partial charge in [-0.2, -0.15) is 0 Å². The number of rotatable bonds is 4. The smallest absolute Gasteiger partial charge is 0.0685 e. The SMILES string of the molecule is OCc1cc2cc3c(cc2cc1CO)/C=C\c1cc2cc(CO)c(CO)cc2cc1C=C3. The topological polar surface area (TPSA) is 80.9 Å². The number of hydrogen-bond acceptors (Lipinski definition) is 4. The lowest BCUT2D eigenvalue weighted by Crippen LogP contribution is -1.96. The largest absolute Gasteiger partial charge is 0.392 e. The highest BCUT2D eigenvalue weighted by Gasteiger charge is 2.11. The molecule has 0 saturated carbocycles. The molecule has 0 aliphatic heterocycles. The molecule has 1 aliphatic carbocycles. The highest BCUT2D eigenvalue weighted by Crippen LogP contribution is 2.31. The van der Waals surface area contributed by atoms with Crippen molar-refractivity contribution in [3.05, 3.63) is 93.0 Å². The quantitative estimate of drug-likeness (QED) is 0.339. The van der Waals surface area contributed by atoms with Crippen LogP contribution in [-0.2, 0) is 26.4 Å². The summed E-state index contributed by atoms with van der Waals surface area (Å²) in [5.41, 5.74) is 7.26. The van der Waals surface area contributed by atoms with Crippen molar-refractivity contribution in [2.75, 3.05) is 0 Å². The molecule has 0 spiro atoms. The summed E-state index contributed by atoms with van der Waals surface area (Å²) < 4.78 is 0. The van der Waals surface area contributed by atoms with Crippen LogP contribution >= 0.6 is 0 Å². The van der Waals surface area contributed by atoms with Gasteiger partial charge in [0.1, 0.15) is 0 Å². The van der Waals surface area contributed by atoms with Crippen molar-refractivity contribution in [1.29, 1.82) is 0 Å². The van der Waals surface area contributed by atoms with Crippen molar-refractivity contribution < 1.29 is 20.4 Å². The number of aliphatic hydroxyl groups excluding tert-OH is 4. The molecule has 0 fully saturated rings. The predicted octanol–water partition coefficient (Wildman–Crippen LogP) is 4.62. The summed E-state index contributed by atoms with van der Waals surface area (Å²) in [6, 6.07) is 16.2. The van der Waals surface area contributed by atoms with Crippen LogP contribution in [0.5, 0.6) is 0 Å². The van der Waals surface area contributed by atoms with Gasteiger partial charge in [-0.25, -0.2) is 0 Å². The standard InChI is InChI=1S/C28H24O4/c29-13-25-9-21-5-17-1-2-18-6-22-10-26(14-30)28(16-32)12-24(22)8-20(18)4-3-19(17)7-23(21)11-27(25)15-31/h1-12,29-32H,13-16H2/b2-1-,4-3?,17-1?,18-2?,19-3?,20-4?. The van der Waals surface area contributed by atoms with E-state index < -0.39 is 0 Å². The zero-order valence-electron chi connectivity index (χ0n) is 17.5. The maximum atomic E-state index is 9.63. The summed E-state index contributed by atoms with van der Waals surface area (Å²) >= 11 is 0. The highest BCUT2D eigenvalue weighted by atomic mass is 16.3. The Morgan fingerprint density at radius 1 is 0.344 bits per heavy atom. The molecule has 0 heterocycles. The van der Waals surface area contributed by atoms with Gasteiger partial charge in [-0.3, -0.25) is 0 Å². The van der Waals surface area contributed by atoms with Crippen LogP contribution in [0.2, 0.25) is 0 Å². The lowest BCUT2D eigenvalue weighted by molar-refractivity contribution is 0.260. The van der Waals surface area contributed by atoms with Crippen molar-refractivity contribution in [3.8, 4) is 0 Å². The van der Waals surface area contributed by atoms with E-state index in [0.29, 0.717) is 0 Å². The van der Waals surface area contributed by atoms with Gasteiger partial charge < -0.3 is 20.4 Å². The predicted molar refractivity (Wildman–Crippen MR) is 129 cm³/mol. The van der Waals surface area contributed by atoms with E-state index in [1.165, 1.54) is 0 Å². The van der Waals surface area contributed by atoms with Crippen LogP contribution in [0.25, 0.3) is 45.8 Å². The Kier molecular flexibility index (Phi) is 5.37. The van der Waals surface area contributed by atoms with Crippen molar-refractivity contribution in [2.45, 2.75) is 26.4 Å². The normalized spacial score (nSPS) is 13.6. The Bertz CT molecular complexity index is 1200. The molecule has 4 heteroatoms. The first-order chi connectivity index (χ1) is 15.6. The van der Waals surface area contributed by atoms with Crippen LogP contribution in [0.3, 0.4) is 0 Å². The molecule has 4 N–H and O–H groups in total. The first-order valence-corrected chi connectivity index (χ1v) is 10.6. The number of fused-ring (bicyclic) bond motifs is 4. The monoisotopic (exact) mass is 424 g/mol. The van der Waals surface area contributed by atoms with E-state index in [9.17, 15) is 20.4 Å². The minimum atomic E-state index is -0.104. The second-order valence-electron chi connectivity index (χ2n) is 8.20. The van der Waals surface area contributed by atoms with Crippen LogP contribution in [-0.4, -0.2) is 20.4 Å².